The van der Waals surface area contributed by atoms with Crippen LogP contribution in [0.3, 0.4) is 0 Å². The first-order valence-electron chi connectivity index (χ1n) is 6.48. The summed E-state index contributed by atoms with van der Waals surface area (Å²) in [6, 6.07) is 14.6. The molecule has 1 aliphatic heterocycles. The maximum atomic E-state index is 12.5. The molecule has 0 fully saturated rings. The van der Waals surface area contributed by atoms with E-state index >= 15 is 0 Å². The van der Waals surface area contributed by atoms with E-state index in [1.165, 1.54) is 0 Å². The Labute approximate surface area is 117 Å². The molecule has 0 bridgehead atoms. The lowest BCUT2D eigenvalue weighted by Crippen LogP contribution is -2.11. The molecule has 4 heteroatoms. The van der Waals surface area contributed by atoms with Gasteiger partial charge in [0.05, 0.1) is 5.69 Å². The zero-order valence-corrected chi connectivity index (χ0v) is 11.4. The van der Waals surface area contributed by atoms with Gasteiger partial charge >= 0.3 is 0 Å². The van der Waals surface area contributed by atoms with Gasteiger partial charge < -0.3 is 4.90 Å². The Morgan fingerprint density at radius 3 is 2.45 bits per heavy atom. The Balaban J connectivity index is 1.89. The van der Waals surface area contributed by atoms with Crippen LogP contribution in [-0.4, -0.2) is 19.9 Å². The largest absolute Gasteiger partial charge is 0.378 e. The second-order valence-electron chi connectivity index (χ2n) is 4.98. The maximum Gasteiger partial charge on any atom is 0.193 e. The molecule has 0 N–H and O–H groups in total. The van der Waals surface area contributed by atoms with Crippen LogP contribution in [0.4, 0.5) is 11.4 Å². The molecule has 2 aromatic rings. The van der Waals surface area contributed by atoms with Crippen LogP contribution in [-0.2, 0) is 0 Å². The summed E-state index contributed by atoms with van der Waals surface area (Å²) in [4.78, 5) is 14.5. The van der Waals surface area contributed by atoms with Crippen molar-refractivity contribution in [1.82, 2.24) is 0 Å². The summed E-state index contributed by atoms with van der Waals surface area (Å²) in [5, 5.41) is 8.17. The summed E-state index contributed by atoms with van der Waals surface area (Å²) in [5.41, 5.74) is 3.40. The summed E-state index contributed by atoms with van der Waals surface area (Å²) >= 11 is 0. The molecule has 0 aromatic heterocycles. The molecule has 20 heavy (non-hydrogen) atoms. The molecule has 4 nitrogen and oxygen atoms in total. The Hall–Kier alpha value is -2.49. The van der Waals surface area contributed by atoms with E-state index in [1.54, 1.807) is 0 Å². The lowest BCUT2D eigenvalue weighted by atomic mass is 9.97. The van der Waals surface area contributed by atoms with Crippen molar-refractivity contribution in [3.05, 3.63) is 59.7 Å². The fourth-order valence-electron chi connectivity index (χ4n) is 2.27. The fraction of sp³-hybridized carbons (Fsp3) is 0.188. The SMILES string of the molecule is CN(C)c1ccc(C(=O)C2N=Nc3ccccc32)cc1. The van der Waals surface area contributed by atoms with Gasteiger partial charge in [-0.05, 0) is 30.3 Å². The van der Waals surface area contributed by atoms with Crippen LogP contribution in [0.15, 0.2) is 58.8 Å². The summed E-state index contributed by atoms with van der Waals surface area (Å²) < 4.78 is 0. The van der Waals surface area contributed by atoms with Gasteiger partial charge in [0, 0.05) is 30.9 Å². The number of Topliss-reactive ketones (excluding diaryl/α,β-unsaturated/α-hetero) is 1. The lowest BCUT2D eigenvalue weighted by Gasteiger charge is -2.13. The van der Waals surface area contributed by atoms with Crippen LogP contribution < -0.4 is 4.90 Å². The Kier molecular flexibility index (Phi) is 3.06. The number of carbonyl (C=O) groups excluding carboxylic acids is 1. The molecule has 0 saturated carbocycles. The summed E-state index contributed by atoms with van der Waals surface area (Å²) in [7, 11) is 3.94. The molecule has 0 radical (unpaired) electrons. The van der Waals surface area contributed by atoms with E-state index in [0.29, 0.717) is 5.56 Å². The highest BCUT2D eigenvalue weighted by molar-refractivity contribution is 6.02. The third-order valence-corrected chi connectivity index (χ3v) is 3.43. The number of anilines is 1. The van der Waals surface area contributed by atoms with Crippen molar-refractivity contribution >= 4 is 17.2 Å². The van der Waals surface area contributed by atoms with Crippen LogP contribution in [0.1, 0.15) is 22.0 Å². The quantitative estimate of drug-likeness (QED) is 0.793. The highest BCUT2D eigenvalue weighted by Crippen LogP contribution is 2.37. The summed E-state index contributed by atoms with van der Waals surface area (Å²) in [6.45, 7) is 0. The van der Waals surface area contributed by atoms with Gasteiger partial charge in [0.1, 0.15) is 0 Å². The first-order valence-corrected chi connectivity index (χ1v) is 6.48. The highest BCUT2D eigenvalue weighted by atomic mass is 16.1. The first-order chi connectivity index (χ1) is 9.66. The molecular formula is C16H15N3O. The average Bonchev–Trinajstić information content (AvgIpc) is 2.90. The normalized spacial score (nSPS) is 16.0. The molecule has 3 rings (SSSR count). The minimum absolute atomic E-state index is 0.0102. The van der Waals surface area contributed by atoms with E-state index in [9.17, 15) is 4.79 Å². The summed E-state index contributed by atoms with van der Waals surface area (Å²) in [5.74, 6) is -0.0102. The highest BCUT2D eigenvalue weighted by Gasteiger charge is 2.27. The van der Waals surface area contributed by atoms with E-state index in [1.807, 2.05) is 67.5 Å². The zero-order chi connectivity index (χ0) is 14.1. The van der Waals surface area contributed by atoms with Crippen molar-refractivity contribution in [3.63, 3.8) is 0 Å². The number of fused-ring (bicyclic) bond motifs is 1. The maximum absolute atomic E-state index is 12.5. The number of azo groups is 1. The standard InChI is InChI=1S/C16H15N3O/c1-19(2)12-9-7-11(8-10-12)16(20)15-13-5-3-4-6-14(13)17-18-15/h3-10,15H,1-2H3. The van der Waals surface area contributed by atoms with Crippen LogP contribution >= 0.6 is 0 Å². The molecule has 0 aliphatic carbocycles. The fourth-order valence-corrected chi connectivity index (χ4v) is 2.27. The van der Waals surface area contributed by atoms with Gasteiger partial charge in [-0.25, -0.2) is 0 Å². The molecule has 0 amide bonds. The van der Waals surface area contributed by atoms with Gasteiger partial charge in [-0.3, -0.25) is 4.79 Å². The molecule has 100 valence electrons. The third kappa shape index (κ3) is 2.09. The molecule has 2 aromatic carbocycles. The van der Waals surface area contributed by atoms with Crippen LogP contribution in [0.25, 0.3) is 0 Å². The monoisotopic (exact) mass is 265 g/mol. The third-order valence-electron chi connectivity index (χ3n) is 3.43. The summed E-state index contributed by atoms with van der Waals surface area (Å²) in [6.07, 6.45) is 0. The molecule has 1 heterocycles. The van der Waals surface area contributed by atoms with E-state index in [2.05, 4.69) is 10.2 Å². The van der Waals surface area contributed by atoms with Gasteiger partial charge in [-0.2, -0.15) is 10.2 Å². The minimum atomic E-state index is -0.503. The van der Waals surface area contributed by atoms with Gasteiger partial charge in [-0.15, -0.1) is 0 Å². The molecule has 0 saturated heterocycles. The number of rotatable bonds is 3. The number of carbonyl (C=O) groups is 1. The average molecular weight is 265 g/mol. The second kappa shape index (κ2) is 4.89. The van der Waals surface area contributed by atoms with Gasteiger partial charge in [0.15, 0.2) is 11.8 Å². The number of benzene rings is 2. The Morgan fingerprint density at radius 2 is 1.75 bits per heavy atom. The van der Waals surface area contributed by atoms with Crippen LogP contribution in [0.2, 0.25) is 0 Å². The number of hydrogen-bond donors (Lipinski definition) is 0. The van der Waals surface area contributed by atoms with Crippen molar-refractivity contribution in [1.29, 1.82) is 0 Å². The molecular weight excluding hydrogens is 250 g/mol. The van der Waals surface area contributed by atoms with E-state index in [0.717, 1.165) is 16.9 Å². The minimum Gasteiger partial charge on any atom is -0.378 e. The van der Waals surface area contributed by atoms with E-state index < -0.39 is 6.04 Å². The lowest BCUT2D eigenvalue weighted by molar-refractivity contribution is 0.0962. The number of ketones is 1. The number of hydrogen-bond acceptors (Lipinski definition) is 4. The van der Waals surface area contributed by atoms with Crippen molar-refractivity contribution in [2.24, 2.45) is 10.2 Å². The first kappa shape index (κ1) is 12.5. The Bertz CT molecular complexity index is 674. The predicted octanol–water partition coefficient (Wildman–Crippen LogP) is 3.77. The van der Waals surface area contributed by atoms with Crippen LogP contribution in [0, 0.1) is 0 Å². The van der Waals surface area contributed by atoms with Crippen molar-refractivity contribution < 1.29 is 4.79 Å². The number of nitrogens with zero attached hydrogens (tertiary/aromatic N) is 3. The van der Waals surface area contributed by atoms with Crippen molar-refractivity contribution in [2.75, 3.05) is 19.0 Å². The second-order valence-corrected chi connectivity index (χ2v) is 4.98. The van der Waals surface area contributed by atoms with Gasteiger partial charge in [0.2, 0.25) is 0 Å². The topological polar surface area (TPSA) is 45.0 Å². The molecule has 1 aliphatic rings. The predicted molar refractivity (Wildman–Crippen MR) is 78.8 cm³/mol. The molecule has 0 spiro atoms. The molecule has 1 unspecified atom stereocenters. The van der Waals surface area contributed by atoms with Crippen molar-refractivity contribution in [3.8, 4) is 0 Å². The van der Waals surface area contributed by atoms with Crippen molar-refractivity contribution in [2.45, 2.75) is 6.04 Å². The van der Waals surface area contributed by atoms with Gasteiger partial charge in [-0.1, -0.05) is 18.2 Å². The van der Waals surface area contributed by atoms with E-state index in [-0.39, 0.29) is 5.78 Å². The van der Waals surface area contributed by atoms with Gasteiger partial charge in [0.25, 0.3) is 0 Å². The van der Waals surface area contributed by atoms with Crippen LogP contribution in [0.5, 0.6) is 0 Å². The zero-order valence-electron chi connectivity index (χ0n) is 11.4. The smallest absolute Gasteiger partial charge is 0.193 e. The van der Waals surface area contributed by atoms with E-state index in [4.69, 9.17) is 0 Å². The molecule has 1 atom stereocenters. The Morgan fingerprint density at radius 1 is 1.05 bits per heavy atom.